The van der Waals surface area contributed by atoms with E-state index in [0.29, 0.717) is 17.5 Å². The molecule has 7 nitrogen and oxygen atoms in total. The molecule has 2 heterocycles. The maximum atomic E-state index is 11.8. The number of aliphatic imine (C=N–C) groups is 1. The number of anilines is 1. The van der Waals surface area contributed by atoms with Crippen molar-refractivity contribution in [2.45, 2.75) is 19.4 Å². The Hall–Kier alpha value is -1.55. The van der Waals surface area contributed by atoms with Crippen LogP contribution in [0.4, 0.5) is 5.82 Å². The first-order valence-corrected chi connectivity index (χ1v) is 8.99. The average molecular weight is 507 g/mol. The number of rotatable bonds is 6. The van der Waals surface area contributed by atoms with Crippen molar-refractivity contribution in [2.24, 2.45) is 4.99 Å². The quantitative estimate of drug-likeness (QED) is 0.268. The number of hydrogen-bond acceptors (Lipinski definition) is 4. The Balaban J connectivity index is 0.00000364. The third-order valence-electron chi connectivity index (χ3n) is 4.00. The number of nitrogens with zero attached hydrogens (tertiary/aromatic N) is 4. The number of halogens is 2. The molecule has 2 rings (SSSR count). The first-order valence-electron chi connectivity index (χ1n) is 8.61. The minimum absolute atomic E-state index is 0. The minimum atomic E-state index is -0.0465. The molecule has 1 aromatic heterocycles. The van der Waals surface area contributed by atoms with Crippen molar-refractivity contribution < 1.29 is 4.79 Å². The second-order valence-electron chi connectivity index (χ2n) is 6.65. The van der Waals surface area contributed by atoms with Gasteiger partial charge in [0.05, 0.1) is 5.02 Å². The molecular weight excluding hydrogens is 479 g/mol. The summed E-state index contributed by atoms with van der Waals surface area (Å²) >= 11 is 6.24. The van der Waals surface area contributed by atoms with Crippen LogP contribution in [0.1, 0.15) is 13.3 Å². The van der Waals surface area contributed by atoms with E-state index in [2.05, 4.69) is 32.1 Å². The lowest BCUT2D eigenvalue weighted by Gasteiger charge is -2.20. The summed E-state index contributed by atoms with van der Waals surface area (Å²) in [6, 6.07) is 3.86. The highest BCUT2D eigenvalue weighted by molar-refractivity contribution is 14.0. The summed E-state index contributed by atoms with van der Waals surface area (Å²) in [6.07, 6.45) is 2.68. The molecule has 1 unspecified atom stereocenters. The van der Waals surface area contributed by atoms with E-state index in [1.165, 1.54) is 4.90 Å². The number of carbonyl (C=O) groups is 1. The second-order valence-corrected chi connectivity index (χ2v) is 7.06. The molecule has 1 aliphatic heterocycles. The van der Waals surface area contributed by atoms with Gasteiger partial charge in [-0.2, -0.15) is 0 Å². The summed E-state index contributed by atoms with van der Waals surface area (Å²) in [5, 5.41) is 7.27. The topological polar surface area (TPSA) is 72.9 Å². The Morgan fingerprint density at radius 3 is 2.89 bits per heavy atom. The smallest absolute Gasteiger partial charge is 0.243 e. The van der Waals surface area contributed by atoms with E-state index in [-0.39, 0.29) is 42.5 Å². The van der Waals surface area contributed by atoms with E-state index in [0.717, 1.165) is 30.9 Å². The lowest BCUT2D eigenvalue weighted by Crippen LogP contribution is -2.45. The highest BCUT2D eigenvalue weighted by Gasteiger charge is 2.25. The molecule has 2 N–H and O–H groups in total. The van der Waals surface area contributed by atoms with Crippen molar-refractivity contribution in [1.29, 1.82) is 0 Å². The summed E-state index contributed by atoms with van der Waals surface area (Å²) in [6.45, 7) is 8.16. The number of pyridine rings is 1. The molecule has 150 valence electrons. The molecule has 0 bridgehead atoms. The molecule has 1 saturated heterocycles. The predicted molar refractivity (Wildman–Crippen MR) is 122 cm³/mol. The molecule has 1 fully saturated rings. The molecule has 27 heavy (non-hydrogen) atoms. The summed E-state index contributed by atoms with van der Waals surface area (Å²) in [4.78, 5) is 24.3. The molecule has 0 aliphatic carbocycles. The summed E-state index contributed by atoms with van der Waals surface area (Å²) in [7, 11) is 3.44. The van der Waals surface area contributed by atoms with Gasteiger partial charge in [0.25, 0.3) is 0 Å². The number of nitrogens with one attached hydrogen (secondary N) is 2. The van der Waals surface area contributed by atoms with Crippen molar-refractivity contribution in [1.82, 2.24) is 20.5 Å². The van der Waals surface area contributed by atoms with Gasteiger partial charge in [0, 0.05) is 46.0 Å². The van der Waals surface area contributed by atoms with Gasteiger partial charge >= 0.3 is 0 Å². The Morgan fingerprint density at radius 1 is 1.52 bits per heavy atom. The number of likely N-dealkylation sites (N-methyl/N-ethyl adjacent to an activating group) is 1. The fourth-order valence-corrected chi connectivity index (χ4v) is 2.79. The number of amides is 1. The van der Waals surface area contributed by atoms with Crippen molar-refractivity contribution in [3.63, 3.8) is 0 Å². The van der Waals surface area contributed by atoms with Crippen LogP contribution in [0.15, 0.2) is 35.5 Å². The molecule has 1 aliphatic rings. The maximum Gasteiger partial charge on any atom is 0.243 e. The van der Waals surface area contributed by atoms with Crippen LogP contribution in [0.3, 0.4) is 0 Å². The standard InChI is InChI=1S/C18H27ClN6O.HI/c1-13(2)10-21-18(22-11-16(26)24(3)4)23-14-7-9-25(12-14)17-15(19)6-5-8-20-17;/h5-6,8,14H,1,7,9-12H2,2-4H3,(H2,21,22,23);1H. The molecule has 0 spiro atoms. The van der Waals surface area contributed by atoms with Gasteiger partial charge in [-0.05, 0) is 25.5 Å². The van der Waals surface area contributed by atoms with Gasteiger partial charge < -0.3 is 20.4 Å². The van der Waals surface area contributed by atoms with Gasteiger partial charge in [-0.1, -0.05) is 23.8 Å². The van der Waals surface area contributed by atoms with Crippen molar-refractivity contribution in [3.8, 4) is 0 Å². The van der Waals surface area contributed by atoms with Crippen LogP contribution in [0.2, 0.25) is 5.02 Å². The maximum absolute atomic E-state index is 11.8. The highest BCUT2D eigenvalue weighted by Crippen LogP contribution is 2.25. The van der Waals surface area contributed by atoms with Crippen LogP contribution in [-0.4, -0.2) is 68.1 Å². The fourth-order valence-electron chi connectivity index (χ4n) is 2.55. The minimum Gasteiger partial charge on any atom is -0.353 e. The SMILES string of the molecule is C=C(C)CNC(=NCC(=O)N(C)C)NC1CCN(c2ncccc2Cl)C1.I. The molecule has 1 amide bonds. The van der Waals surface area contributed by atoms with Gasteiger partial charge in [-0.25, -0.2) is 9.98 Å². The normalized spacial score (nSPS) is 16.5. The fraction of sp³-hybridized carbons (Fsp3) is 0.500. The Bertz CT molecular complexity index is 682. The first kappa shape index (κ1) is 23.5. The van der Waals surface area contributed by atoms with Gasteiger partial charge in [-0.3, -0.25) is 4.79 Å². The number of guanidine groups is 1. The van der Waals surface area contributed by atoms with Crippen LogP contribution in [0.25, 0.3) is 0 Å². The van der Waals surface area contributed by atoms with Crippen LogP contribution >= 0.6 is 35.6 Å². The molecule has 0 saturated carbocycles. The Labute approximate surface area is 183 Å². The third kappa shape index (κ3) is 7.53. The number of hydrogen-bond donors (Lipinski definition) is 2. The van der Waals surface area contributed by atoms with Crippen LogP contribution in [0, 0.1) is 0 Å². The van der Waals surface area contributed by atoms with E-state index in [1.807, 2.05) is 19.1 Å². The number of aromatic nitrogens is 1. The summed E-state index contributed by atoms with van der Waals surface area (Å²) in [5.74, 6) is 1.37. The Morgan fingerprint density at radius 2 is 2.26 bits per heavy atom. The van der Waals surface area contributed by atoms with Crippen molar-refractivity contribution in [2.75, 3.05) is 45.2 Å². The predicted octanol–water partition coefficient (Wildman–Crippen LogP) is 2.13. The lowest BCUT2D eigenvalue weighted by molar-refractivity contribution is -0.127. The van der Waals surface area contributed by atoms with Crippen LogP contribution in [-0.2, 0) is 4.79 Å². The van der Waals surface area contributed by atoms with Crippen LogP contribution in [0.5, 0.6) is 0 Å². The van der Waals surface area contributed by atoms with E-state index >= 15 is 0 Å². The average Bonchev–Trinajstić information content (AvgIpc) is 3.05. The van der Waals surface area contributed by atoms with Crippen LogP contribution < -0.4 is 15.5 Å². The van der Waals surface area contributed by atoms with Crippen molar-refractivity contribution in [3.05, 3.63) is 35.5 Å². The van der Waals surface area contributed by atoms with Gasteiger partial charge in [-0.15, -0.1) is 24.0 Å². The Kier molecular flexibility index (Phi) is 9.86. The zero-order chi connectivity index (χ0) is 19.1. The molecule has 9 heteroatoms. The van der Waals surface area contributed by atoms with E-state index in [4.69, 9.17) is 11.6 Å². The summed E-state index contributed by atoms with van der Waals surface area (Å²) < 4.78 is 0. The molecule has 1 aromatic rings. The third-order valence-corrected chi connectivity index (χ3v) is 4.29. The lowest BCUT2D eigenvalue weighted by atomic mass is 10.3. The second kappa shape index (κ2) is 11.3. The highest BCUT2D eigenvalue weighted by atomic mass is 127. The number of carbonyl (C=O) groups excluding carboxylic acids is 1. The molecular formula is C18H28ClIN6O. The largest absolute Gasteiger partial charge is 0.353 e. The van der Waals surface area contributed by atoms with Gasteiger partial charge in [0.1, 0.15) is 12.4 Å². The van der Waals surface area contributed by atoms with Crippen molar-refractivity contribution >= 4 is 53.3 Å². The molecule has 1 atom stereocenters. The zero-order valence-electron chi connectivity index (χ0n) is 16.0. The molecule has 0 aromatic carbocycles. The first-order chi connectivity index (χ1) is 12.4. The zero-order valence-corrected chi connectivity index (χ0v) is 19.1. The van der Waals surface area contributed by atoms with E-state index < -0.39 is 0 Å². The monoisotopic (exact) mass is 506 g/mol. The van der Waals surface area contributed by atoms with E-state index in [9.17, 15) is 4.79 Å². The molecule has 0 radical (unpaired) electrons. The summed E-state index contributed by atoms with van der Waals surface area (Å²) in [5.41, 5.74) is 0.992. The van der Waals surface area contributed by atoms with E-state index in [1.54, 1.807) is 20.3 Å². The van der Waals surface area contributed by atoms with Gasteiger partial charge in [0.2, 0.25) is 5.91 Å². The van der Waals surface area contributed by atoms with Gasteiger partial charge in [0.15, 0.2) is 5.96 Å².